The Labute approximate surface area is 547 Å². The van der Waals surface area contributed by atoms with Gasteiger partial charge < -0.3 is 33.3 Å². The Morgan fingerprint density at radius 3 is 0.899 bits per heavy atom. The molecule has 0 aliphatic carbocycles. The summed E-state index contributed by atoms with van der Waals surface area (Å²) in [7, 11) is 5.93. The molecule has 0 saturated carbocycles. The van der Waals surface area contributed by atoms with Crippen molar-refractivity contribution >= 4 is 17.9 Å². The molecule has 0 amide bonds. The molecule has 0 radical (unpaired) electrons. The van der Waals surface area contributed by atoms with Crippen molar-refractivity contribution in [3.05, 3.63) is 146 Å². The van der Waals surface area contributed by atoms with Crippen molar-refractivity contribution in [1.82, 2.24) is 0 Å². The number of hydrogen-bond donors (Lipinski definition) is 0. The molecule has 9 heteroatoms. The zero-order chi connectivity index (χ0) is 64.7. The summed E-state index contributed by atoms with van der Waals surface area (Å²) in [6.45, 7) is 4.53. The molecular formula is C80H133NO8. The fraction of sp³-hybridized carbons (Fsp3) is 0.662. The Kier molecular flexibility index (Phi) is 65.3. The first-order valence-corrected chi connectivity index (χ1v) is 36.0. The highest BCUT2D eigenvalue weighted by atomic mass is 16.7. The number of unbranched alkanes of at least 4 members (excludes halogenated alkanes) is 26. The Balaban J connectivity index is 4.13. The van der Waals surface area contributed by atoms with Gasteiger partial charge in [0.25, 0.3) is 0 Å². The maximum Gasteiger partial charge on any atom is 0.306 e. The molecule has 0 aromatic carbocycles. The largest absolute Gasteiger partial charge is 0.545 e. The van der Waals surface area contributed by atoms with Crippen LogP contribution in [0.3, 0.4) is 0 Å². The molecule has 0 saturated heterocycles. The van der Waals surface area contributed by atoms with E-state index < -0.39 is 24.3 Å². The molecule has 2 unspecified atom stereocenters. The number of likely N-dealkylation sites (N-methyl/N-ethyl adjacent to an activating group) is 1. The van der Waals surface area contributed by atoms with Crippen molar-refractivity contribution in [2.45, 2.75) is 296 Å². The van der Waals surface area contributed by atoms with Crippen LogP contribution in [-0.4, -0.2) is 82.3 Å². The predicted molar refractivity (Wildman–Crippen MR) is 379 cm³/mol. The standard InChI is InChI=1S/C80H133NO8/c1-6-8-10-12-14-16-18-20-22-24-26-28-30-32-34-36-38-39-41-43-45-47-49-51-53-55-57-59-61-63-65-67-69-71-78(83)89-76(75-88-80(79(84)85)86-73-72-81(3,4)5)74-87-77(82)70-68-66-64-62-60-58-56-54-52-50-48-46-44-42-40-37-35-33-31-29-27-25-23-21-19-17-15-13-11-9-7-2/h8-11,14-17,20-23,26-29,32-35,38-40,42,76,80H,6-7,12-13,18-19,24-25,30-31,36-37,41,43-75H2,1-5H3/b10-8-,11-9-,16-14-,17-15-,22-20-,23-21-,28-26-,29-27-,34-32-,35-33-,39-38-,42-40-. The average Bonchev–Trinajstić information content (AvgIpc) is 3.64. The van der Waals surface area contributed by atoms with Crippen LogP contribution in [0.1, 0.15) is 284 Å². The lowest BCUT2D eigenvalue weighted by atomic mass is 10.0. The fourth-order valence-corrected chi connectivity index (χ4v) is 9.66. The van der Waals surface area contributed by atoms with E-state index in [2.05, 4.69) is 160 Å². The van der Waals surface area contributed by atoms with Gasteiger partial charge in [0.2, 0.25) is 0 Å². The van der Waals surface area contributed by atoms with E-state index in [1.54, 1.807) is 0 Å². The van der Waals surface area contributed by atoms with Crippen molar-refractivity contribution in [3.63, 3.8) is 0 Å². The minimum atomic E-state index is -1.63. The van der Waals surface area contributed by atoms with E-state index in [4.69, 9.17) is 18.9 Å². The van der Waals surface area contributed by atoms with Crippen LogP contribution in [0.15, 0.2) is 146 Å². The lowest BCUT2D eigenvalue weighted by Crippen LogP contribution is -2.44. The highest BCUT2D eigenvalue weighted by Gasteiger charge is 2.22. The van der Waals surface area contributed by atoms with Crippen LogP contribution >= 0.6 is 0 Å². The number of ether oxygens (including phenoxy) is 4. The average molecular weight is 1240 g/mol. The van der Waals surface area contributed by atoms with Crippen molar-refractivity contribution in [3.8, 4) is 0 Å². The fourth-order valence-electron chi connectivity index (χ4n) is 9.66. The summed E-state index contributed by atoms with van der Waals surface area (Å²) in [6, 6.07) is 0. The van der Waals surface area contributed by atoms with Crippen LogP contribution in [0.25, 0.3) is 0 Å². The molecular weight excluding hydrogens is 1100 g/mol. The highest BCUT2D eigenvalue weighted by Crippen LogP contribution is 2.17. The number of aliphatic carboxylic acids is 1. The molecule has 2 atom stereocenters. The summed E-state index contributed by atoms with van der Waals surface area (Å²) >= 11 is 0. The third-order valence-electron chi connectivity index (χ3n) is 15.1. The molecule has 506 valence electrons. The van der Waals surface area contributed by atoms with Crippen LogP contribution in [0.5, 0.6) is 0 Å². The molecule has 0 spiro atoms. The Hall–Kier alpha value is -4.83. The molecule has 89 heavy (non-hydrogen) atoms. The second-order valence-electron chi connectivity index (χ2n) is 24.8. The second-order valence-corrected chi connectivity index (χ2v) is 24.8. The van der Waals surface area contributed by atoms with Crippen molar-refractivity contribution in [2.24, 2.45) is 0 Å². The van der Waals surface area contributed by atoms with Gasteiger partial charge in [-0.1, -0.05) is 301 Å². The smallest absolute Gasteiger partial charge is 0.306 e. The summed E-state index contributed by atoms with van der Waals surface area (Å²) in [5.74, 6) is -2.29. The van der Waals surface area contributed by atoms with E-state index in [-0.39, 0.29) is 38.6 Å². The first kappa shape index (κ1) is 84.2. The molecule has 0 aromatic heterocycles. The Bertz CT molecular complexity index is 1970. The molecule has 0 aromatic rings. The Morgan fingerprint density at radius 2 is 0.607 bits per heavy atom. The van der Waals surface area contributed by atoms with Crippen molar-refractivity contribution in [1.29, 1.82) is 0 Å². The first-order valence-electron chi connectivity index (χ1n) is 36.0. The van der Waals surface area contributed by atoms with E-state index in [0.29, 0.717) is 17.4 Å². The van der Waals surface area contributed by atoms with Crippen LogP contribution in [-0.2, 0) is 33.3 Å². The topological polar surface area (TPSA) is 111 Å². The number of carboxylic acids is 1. The van der Waals surface area contributed by atoms with Gasteiger partial charge in [0.05, 0.1) is 40.3 Å². The number of carbonyl (C=O) groups is 3. The summed E-state index contributed by atoms with van der Waals surface area (Å²) in [5, 5.41) is 11.8. The monoisotopic (exact) mass is 1240 g/mol. The minimum absolute atomic E-state index is 0.142. The summed E-state index contributed by atoms with van der Waals surface area (Å²) in [6.07, 6.45) is 97.8. The van der Waals surface area contributed by atoms with Gasteiger partial charge in [0, 0.05) is 12.8 Å². The van der Waals surface area contributed by atoms with Crippen molar-refractivity contribution in [2.75, 3.05) is 47.5 Å². The van der Waals surface area contributed by atoms with Gasteiger partial charge in [-0.2, -0.15) is 0 Å². The quantitative estimate of drug-likeness (QED) is 0.0195. The summed E-state index contributed by atoms with van der Waals surface area (Å²) in [4.78, 5) is 37.5. The van der Waals surface area contributed by atoms with Gasteiger partial charge in [-0.05, 0) is 116 Å². The number of quaternary nitrogens is 1. The number of nitrogens with zero attached hydrogens (tertiary/aromatic N) is 1. The molecule has 0 N–H and O–H groups in total. The number of rotatable bonds is 65. The molecule has 0 aliphatic heterocycles. The maximum atomic E-state index is 13.0. The van der Waals surface area contributed by atoms with Gasteiger partial charge >= 0.3 is 11.9 Å². The van der Waals surface area contributed by atoms with Gasteiger partial charge in [-0.15, -0.1) is 0 Å². The normalized spacial score (nSPS) is 13.6. The first-order chi connectivity index (χ1) is 43.6. The van der Waals surface area contributed by atoms with Crippen LogP contribution in [0.2, 0.25) is 0 Å². The van der Waals surface area contributed by atoms with Gasteiger partial charge in [0.1, 0.15) is 13.2 Å². The number of hydrogen-bond acceptors (Lipinski definition) is 8. The lowest BCUT2D eigenvalue weighted by molar-refractivity contribution is -0.870. The van der Waals surface area contributed by atoms with Crippen LogP contribution in [0.4, 0.5) is 0 Å². The zero-order valence-electron chi connectivity index (χ0n) is 57.8. The lowest BCUT2D eigenvalue weighted by Gasteiger charge is -2.26. The molecule has 0 aliphatic rings. The number of esters is 2. The number of carbonyl (C=O) groups excluding carboxylic acids is 3. The van der Waals surface area contributed by atoms with Crippen LogP contribution in [0, 0.1) is 0 Å². The van der Waals surface area contributed by atoms with Gasteiger partial charge in [-0.3, -0.25) is 9.59 Å². The van der Waals surface area contributed by atoms with Gasteiger partial charge in [0.15, 0.2) is 12.4 Å². The molecule has 9 nitrogen and oxygen atoms in total. The maximum absolute atomic E-state index is 13.0. The van der Waals surface area contributed by atoms with E-state index >= 15 is 0 Å². The summed E-state index contributed by atoms with van der Waals surface area (Å²) < 4.78 is 22.8. The Morgan fingerprint density at radius 1 is 0.337 bits per heavy atom. The highest BCUT2D eigenvalue weighted by molar-refractivity contribution is 5.70. The second kappa shape index (κ2) is 69.1. The van der Waals surface area contributed by atoms with Crippen molar-refractivity contribution < 1.29 is 42.9 Å². The third kappa shape index (κ3) is 70.5. The molecule has 0 fully saturated rings. The molecule has 0 rings (SSSR count). The third-order valence-corrected chi connectivity index (χ3v) is 15.1. The van der Waals surface area contributed by atoms with E-state index in [9.17, 15) is 19.5 Å². The number of allylic oxidation sites excluding steroid dienone is 24. The number of carboxylic acid groups (broad SMARTS) is 1. The van der Waals surface area contributed by atoms with E-state index in [1.807, 2.05) is 21.1 Å². The zero-order valence-corrected chi connectivity index (χ0v) is 57.8. The molecule has 0 bridgehead atoms. The van der Waals surface area contributed by atoms with Gasteiger partial charge in [-0.25, -0.2) is 0 Å². The predicted octanol–water partition coefficient (Wildman–Crippen LogP) is 21.4. The van der Waals surface area contributed by atoms with E-state index in [1.165, 1.54) is 135 Å². The minimum Gasteiger partial charge on any atom is -0.545 e. The molecule has 0 heterocycles. The van der Waals surface area contributed by atoms with E-state index in [0.717, 1.165) is 116 Å². The SMILES string of the molecule is CC/C=C\C/C=C\C/C=C\C/C=C\C/C=C\C/C=C\CCCCCCCCCCCCCCCCC(=O)OC(COC(=O)CCCCCCCCCCCCCC/C=C\C/C=C\C/C=C\C/C=C\C/C=C\C/C=C\CC)COC(OCC[N+](C)(C)C)C(=O)[O-]. The summed E-state index contributed by atoms with van der Waals surface area (Å²) in [5.41, 5.74) is 0. The van der Waals surface area contributed by atoms with Crippen LogP contribution < -0.4 is 5.11 Å².